The number of allylic oxidation sites excluding steroid dienone is 2. The second-order valence-electron chi connectivity index (χ2n) is 4.57. The molecule has 0 radical (unpaired) electrons. The average Bonchev–Trinajstić information content (AvgIpc) is 2.74. The lowest BCUT2D eigenvalue weighted by molar-refractivity contribution is -0.384. The van der Waals surface area contributed by atoms with Crippen LogP contribution in [-0.2, 0) is 4.79 Å². The highest BCUT2D eigenvalue weighted by Gasteiger charge is 2.33. The Morgan fingerprint density at radius 1 is 1.41 bits per heavy atom. The normalized spacial score (nSPS) is 17.2. The molecule has 6 nitrogen and oxygen atoms in total. The van der Waals surface area contributed by atoms with Crippen LogP contribution in [0.4, 0.5) is 5.69 Å². The maximum absolute atomic E-state index is 12.1. The van der Waals surface area contributed by atoms with Gasteiger partial charge in [0.25, 0.3) is 11.6 Å². The molecule has 1 aromatic rings. The van der Waals surface area contributed by atoms with E-state index in [0.717, 1.165) is 0 Å². The van der Waals surface area contributed by atoms with Crippen molar-refractivity contribution in [3.63, 3.8) is 0 Å². The van der Waals surface area contributed by atoms with Gasteiger partial charge in [-0.05, 0) is 11.6 Å². The second kappa shape index (κ2) is 6.82. The Balaban J connectivity index is 2.15. The van der Waals surface area contributed by atoms with E-state index in [2.05, 4.69) is 0 Å². The number of benzene rings is 1. The predicted octanol–water partition coefficient (Wildman–Crippen LogP) is 2.83. The number of thioether (sulfide) groups is 1. The van der Waals surface area contributed by atoms with Crippen LogP contribution in [0.15, 0.2) is 41.3 Å². The van der Waals surface area contributed by atoms with E-state index < -0.39 is 4.92 Å². The summed E-state index contributed by atoms with van der Waals surface area (Å²) < 4.78 is 0.477. The summed E-state index contributed by atoms with van der Waals surface area (Å²) in [5.74, 6) is -0.177. The molecule has 0 aliphatic carbocycles. The summed E-state index contributed by atoms with van der Waals surface area (Å²) in [6.45, 7) is 0. The van der Waals surface area contributed by atoms with Gasteiger partial charge in [0.05, 0.1) is 9.83 Å². The molecular weight excluding hydrogens is 322 g/mol. The van der Waals surface area contributed by atoms with Crippen LogP contribution in [0.2, 0.25) is 0 Å². The number of hydrogen-bond acceptors (Lipinski definition) is 6. The van der Waals surface area contributed by atoms with Crippen LogP contribution in [0, 0.1) is 10.1 Å². The van der Waals surface area contributed by atoms with Gasteiger partial charge in [0.15, 0.2) is 4.32 Å². The molecule has 1 aromatic carbocycles. The van der Waals surface area contributed by atoms with E-state index in [1.807, 2.05) is 0 Å². The van der Waals surface area contributed by atoms with Gasteiger partial charge in [-0.25, -0.2) is 10.0 Å². The highest BCUT2D eigenvalue weighted by molar-refractivity contribution is 8.26. The zero-order chi connectivity index (χ0) is 16.3. The van der Waals surface area contributed by atoms with Gasteiger partial charge in [0.2, 0.25) is 0 Å². The number of carbonyl (C=O) groups is 1. The molecule has 8 heteroatoms. The van der Waals surface area contributed by atoms with E-state index in [-0.39, 0.29) is 11.6 Å². The molecule has 0 spiro atoms. The van der Waals surface area contributed by atoms with Crippen LogP contribution in [0.1, 0.15) is 5.56 Å². The molecule has 0 bridgehead atoms. The van der Waals surface area contributed by atoms with Gasteiger partial charge < -0.3 is 0 Å². The summed E-state index contributed by atoms with van der Waals surface area (Å²) in [5, 5.41) is 13.7. The van der Waals surface area contributed by atoms with Crippen LogP contribution in [0.5, 0.6) is 0 Å². The van der Waals surface area contributed by atoms with Crippen molar-refractivity contribution in [1.29, 1.82) is 0 Å². The minimum Gasteiger partial charge on any atom is -0.267 e. The number of nitrogens with zero attached hydrogens (tertiary/aromatic N) is 3. The summed E-state index contributed by atoms with van der Waals surface area (Å²) in [5.41, 5.74) is 0.717. The Labute approximate surface area is 137 Å². The first-order valence-corrected chi connectivity index (χ1v) is 7.49. The maximum Gasteiger partial charge on any atom is 0.280 e. The first-order valence-electron chi connectivity index (χ1n) is 6.26. The molecule has 0 aromatic heterocycles. The summed E-state index contributed by atoms with van der Waals surface area (Å²) in [4.78, 5) is 22.9. The van der Waals surface area contributed by atoms with Crippen molar-refractivity contribution in [2.75, 3.05) is 14.1 Å². The Hall–Kier alpha value is -2.03. The smallest absolute Gasteiger partial charge is 0.267 e. The predicted molar refractivity (Wildman–Crippen MR) is 90.9 cm³/mol. The Bertz CT molecular complexity index is 698. The van der Waals surface area contributed by atoms with Gasteiger partial charge in [0.1, 0.15) is 0 Å². The van der Waals surface area contributed by atoms with Crippen molar-refractivity contribution in [2.45, 2.75) is 0 Å². The van der Waals surface area contributed by atoms with Gasteiger partial charge in [-0.2, -0.15) is 0 Å². The number of carbonyl (C=O) groups excluding carboxylic acids is 1. The van der Waals surface area contributed by atoms with Crippen LogP contribution in [0.25, 0.3) is 6.08 Å². The highest BCUT2D eigenvalue weighted by atomic mass is 32.2. The Morgan fingerprint density at radius 3 is 2.73 bits per heavy atom. The first-order chi connectivity index (χ1) is 10.4. The molecule has 22 heavy (non-hydrogen) atoms. The average molecular weight is 335 g/mol. The van der Waals surface area contributed by atoms with Crippen LogP contribution >= 0.6 is 24.0 Å². The summed E-state index contributed by atoms with van der Waals surface area (Å²) in [6.07, 6.45) is 5.04. The molecule has 0 saturated carbocycles. The number of amides is 1. The fourth-order valence-electron chi connectivity index (χ4n) is 1.81. The quantitative estimate of drug-likeness (QED) is 0.365. The van der Waals surface area contributed by atoms with Gasteiger partial charge >= 0.3 is 0 Å². The van der Waals surface area contributed by atoms with Crippen molar-refractivity contribution in [1.82, 2.24) is 10.0 Å². The van der Waals surface area contributed by atoms with Gasteiger partial charge in [-0.1, -0.05) is 48.3 Å². The Morgan fingerprint density at radius 2 is 2.14 bits per heavy atom. The molecule has 2 rings (SSSR count). The summed E-state index contributed by atoms with van der Waals surface area (Å²) >= 11 is 6.37. The third-order valence-corrected chi connectivity index (χ3v) is 4.09. The molecule has 0 unspecified atom stereocenters. The first kappa shape index (κ1) is 16.3. The van der Waals surface area contributed by atoms with E-state index in [1.54, 1.807) is 49.5 Å². The fourth-order valence-corrected chi connectivity index (χ4v) is 3.16. The summed E-state index contributed by atoms with van der Waals surface area (Å²) in [7, 11) is 3.49. The van der Waals surface area contributed by atoms with Gasteiger partial charge in [0, 0.05) is 26.2 Å². The van der Waals surface area contributed by atoms with Crippen molar-refractivity contribution in [3.8, 4) is 0 Å². The minimum absolute atomic E-state index is 0.0288. The third kappa shape index (κ3) is 3.59. The minimum atomic E-state index is -0.445. The molecular formula is C14H13N3O3S2. The lowest BCUT2D eigenvalue weighted by Crippen LogP contribution is -2.39. The SMILES string of the molecule is CN(C)N1C(=O)/C(=C/C=C/c2cccc([N+](=O)[O-])c2)SC1=S. The number of rotatable bonds is 4. The van der Waals surface area contributed by atoms with Crippen molar-refractivity contribution in [2.24, 2.45) is 0 Å². The molecule has 114 valence electrons. The second-order valence-corrected chi connectivity index (χ2v) is 6.25. The lowest BCUT2D eigenvalue weighted by Gasteiger charge is -2.21. The molecule has 1 fully saturated rings. The lowest BCUT2D eigenvalue weighted by atomic mass is 10.2. The van der Waals surface area contributed by atoms with Gasteiger partial charge in [-0.3, -0.25) is 14.9 Å². The zero-order valence-electron chi connectivity index (χ0n) is 11.9. The number of hydrogen-bond donors (Lipinski definition) is 0. The van der Waals surface area contributed by atoms with E-state index >= 15 is 0 Å². The van der Waals surface area contributed by atoms with E-state index in [9.17, 15) is 14.9 Å². The number of nitro benzene ring substituents is 1. The molecule has 1 amide bonds. The highest BCUT2D eigenvalue weighted by Crippen LogP contribution is 2.31. The van der Waals surface area contributed by atoms with Crippen LogP contribution in [-0.4, -0.2) is 39.3 Å². The van der Waals surface area contributed by atoms with E-state index in [0.29, 0.717) is 14.8 Å². The molecule has 1 heterocycles. The number of thiocarbonyl (C=S) groups is 1. The number of nitro groups is 1. The van der Waals surface area contributed by atoms with Crippen molar-refractivity contribution in [3.05, 3.63) is 57.0 Å². The molecule has 1 saturated heterocycles. The Kier molecular flexibility index (Phi) is 5.07. The molecule has 1 aliphatic rings. The van der Waals surface area contributed by atoms with Crippen LogP contribution < -0.4 is 0 Å². The molecule has 1 aliphatic heterocycles. The molecule has 0 atom stereocenters. The topological polar surface area (TPSA) is 66.7 Å². The third-order valence-electron chi connectivity index (χ3n) is 2.79. The largest absolute Gasteiger partial charge is 0.280 e. The molecule has 0 N–H and O–H groups in total. The van der Waals surface area contributed by atoms with E-state index in [4.69, 9.17) is 12.2 Å². The van der Waals surface area contributed by atoms with Gasteiger partial charge in [-0.15, -0.1) is 0 Å². The van der Waals surface area contributed by atoms with E-state index in [1.165, 1.54) is 28.9 Å². The monoisotopic (exact) mass is 335 g/mol. The van der Waals surface area contributed by atoms with Crippen molar-refractivity contribution >= 4 is 46.0 Å². The number of hydrazine groups is 1. The summed E-state index contributed by atoms with van der Waals surface area (Å²) in [6, 6.07) is 6.26. The van der Waals surface area contributed by atoms with Crippen LogP contribution in [0.3, 0.4) is 0 Å². The standard InChI is InChI=1S/C14H13N3O3S2/c1-15(2)16-13(18)12(22-14(16)21)8-4-6-10-5-3-7-11(9-10)17(19)20/h3-9H,1-2H3/b6-4+,12-8-. The van der Waals surface area contributed by atoms with Crippen molar-refractivity contribution < 1.29 is 9.72 Å². The fraction of sp³-hybridized carbons (Fsp3) is 0.143. The number of non-ortho nitro benzene ring substituents is 1. The zero-order valence-corrected chi connectivity index (χ0v) is 13.6. The maximum atomic E-state index is 12.1.